The lowest BCUT2D eigenvalue weighted by Gasteiger charge is -2.01. The van der Waals surface area contributed by atoms with Crippen molar-refractivity contribution < 1.29 is 28.5 Å². The fraction of sp³-hybridized carbons (Fsp3) is 0.100. The van der Waals surface area contributed by atoms with Crippen molar-refractivity contribution in [3.8, 4) is 23.0 Å². The number of aromatic hydroxyl groups is 2. The van der Waals surface area contributed by atoms with Crippen molar-refractivity contribution in [3.05, 3.63) is 36.4 Å². The first-order valence-corrected chi connectivity index (χ1v) is 7.96. The standard InChI is InChI=1S/C20H14O6/c1-23-9-3-5-11-13(7-9)25-19-15(11)17(21)16-12-6-4-10(24-2)8-14(12)26-20(16)18(19)22/h3-8,21-22H,1-2H3. The summed E-state index contributed by atoms with van der Waals surface area (Å²) in [5.74, 6) is 1.09. The number of phenolic OH excluding ortho intramolecular Hbond substituents is 2. The highest BCUT2D eigenvalue weighted by atomic mass is 16.5. The van der Waals surface area contributed by atoms with Crippen LogP contribution in [0.5, 0.6) is 23.0 Å². The molecule has 0 saturated heterocycles. The van der Waals surface area contributed by atoms with E-state index >= 15 is 0 Å². The largest absolute Gasteiger partial charge is 0.506 e. The molecular formula is C20H14O6. The van der Waals surface area contributed by atoms with Crippen LogP contribution in [0.15, 0.2) is 45.2 Å². The van der Waals surface area contributed by atoms with Gasteiger partial charge in [-0.2, -0.15) is 0 Å². The molecule has 0 amide bonds. The second-order valence-electron chi connectivity index (χ2n) is 6.03. The number of ether oxygens (including phenoxy) is 2. The third-order valence-electron chi connectivity index (χ3n) is 4.70. The molecule has 2 heterocycles. The van der Waals surface area contributed by atoms with Crippen LogP contribution >= 0.6 is 0 Å². The van der Waals surface area contributed by atoms with Gasteiger partial charge in [0.15, 0.2) is 11.2 Å². The molecule has 0 atom stereocenters. The van der Waals surface area contributed by atoms with Crippen LogP contribution in [-0.2, 0) is 0 Å². The van der Waals surface area contributed by atoms with Gasteiger partial charge in [0, 0.05) is 22.9 Å². The smallest absolute Gasteiger partial charge is 0.203 e. The summed E-state index contributed by atoms with van der Waals surface area (Å²) in [4.78, 5) is 0. The predicted molar refractivity (Wildman–Crippen MR) is 97.4 cm³/mol. The van der Waals surface area contributed by atoms with Gasteiger partial charge in [0.2, 0.25) is 5.75 Å². The van der Waals surface area contributed by atoms with Crippen LogP contribution in [0, 0.1) is 0 Å². The maximum Gasteiger partial charge on any atom is 0.203 e. The van der Waals surface area contributed by atoms with Crippen LogP contribution < -0.4 is 9.47 Å². The lowest BCUT2D eigenvalue weighted by molar-refractivity contribution is 0.414. The molecule has 0 bridgehead atoms. The van der Waals surface area contributed by atoms with Gasteiger partial charge in [-0.25, -0.2) is 0 Å². The molecule has 6 nitrogen and oxygen atoms in total. The Labute approximate surface area is 146 Å². The minimum absolute atomic E-state index is 0.000587. The molecule has 0 saturated carbocycles. The fourth-order valence-corrected chi connectivity index (χ4v) is 3.44. The average molecular weight is 350 g/mol. The lowest BCUT2D eigenvalue weighted by atomic mass is 10.1. The van der Waals surface area contributed by atoms with E-state index in [-0.39, 0.29) is 22.7 Å². The SMILES string of the molecule is COc1ccc2c(c1)oc1c(O)c3oc4cc(OC)ccc4c3c(O)c12. The third-order valence-corrected chi connectivity index (χ3v) is 4.70. The first-order valence-electron chi connectivity index (χ1n) is 7.96. The number of phenols is 2. The molecule has 0 unspecified atom stereocenters. The Balaban J connectivity index is 1.98. The van der Waals surface area contributed by atoms with Gasteiger partial charge in [-0.05, 0) is 24.3 Å². The molecule has 3 aromatic carbocycles. The molecule has 5 rings (SSSR count). The zero-order chi connectivity index (χ0) is 18.0. The summed E-state index contributed by atoms with van der Waals surface area (Å²) in [6.07, 6.45) is 0. The van der Waals surface area contributed by atoms with E-state index in [1.807, 2.05) is 0 Å². The van der Waals surface area contributed by atoms with Crippen molar-refractivity contribution in [2.24, 2.45) is 0 Å². The van der Waals surface area contributed by atoms with Crippen LogP contribution in [0.4, 0.5) is 0 Å². The second-order valence-corrected chi connectivity index (χ2v) is 6.03. The number of hydrogen-bond donors (Lipinski definition) is 2. The van der Waals surface area contributed by atoms with Crippen LogP contribution in [0.3, 0.4) is 0 Å². The summed E-state index contributed by atoms with van der Waals surface area (Å²) in [5.41, 5.74) is 1.35. The van der Waals surface area contributed by atoms with Crippen molar-refractivity contribution in [2.75, 3.05) is 14.2 Å². The maximum absolute atomic E-state index is 11.0. The van der Waals surface area contributed by atoms with Gasteiger partial charge in [0.1, 0.15) is 28.4 Å². The van der Waals surface area contributed by atoms with E-state index in [0.29, 0.717) is 44.2 Å². The maximum atomic E-state index is 11.0. The molecule has 0 radical (unpaired) electrons. The first kappa shape index (κ1) is 14.8. The number of rotatable bonds is 2. The fourth-order valence-electron chi connectivity index (χ4n) is 3.44. The van der Waals surface area contributed by atoms with Crippen molar-refractivity contribution in [1.29, 1.82) is 0 Å². The lowest BCUT2D eigenvalue weighted by Crippen LogP contribution is -1.81. The van der Waals surface area contributed by atoms with Gasteiger partial charge in [-0.1, -0.05) is 0 Å². The summed E-state index contributed by atoms with van der Waals surface area (Å²) in [6.45, 7) is 0. The number of methoxy groups -OCH3 is 2. The first-order chi connectivity index (χ1) is 12.6. The quantitative estimate of drug-likeness (QED) is 0.440. The van der Waals surface area contributed by atoms with Crippen LogP contribution in [0.2, 0.25) is 0 Å². The highest BCUT2D eigenvalue weighted by molar-refractivity contribution is 6.23. The summed E-state index contributed by atoms with van der Waals surface area (Å²) < 4.78 is 22.0. The zero-order valence-electron chi connectivity index (χ0n) is 14.0. The number of benzene rings is 3. The van der Waals surface area contributed by atoms with Crippen molar-refractivity contribution in [3.63, 3.8) is 0 Å². The second kappa shape index (κ2) is 4.98. The van der Waals surface area contributed by atoms with E-state index in [1.54, 1.807) is 50.6 Å². The summed E-state index contributed by atoms with van der Waals surface area (Å²) in [7, 11) is 3.12. The highest BCUT2D eigenvalue weighted by Gasteiger charge is 2.24. The molecule has 2 aromatic heterocycles. The molecular weight excluding hydrogens is 336 g/mol. The number of fused-ring (bicyclic) bond motifs is 6. The van der Waals surface area contributed by atoms with Gasteiger partial charge in [0.05, 0.1) is 25.0 Å². The summed E-state index contributed by atoms with van der Waals surface area (Å²) >= 11 is 0. The molecule has 0 fully saturated rings. The molecule has 0 spiro atoms. The minimum atomic E-state index is -0.155. The van der Waals surface area contributed by atoms with Gasteiger partial charge in [0.25, 0.3) is 0 Å². The van der Waals surface area contributed by atoms with Crippen LogP contribution in [-0.4, -0.2) is 24.4 Å². The number of hydrogen-bond acceptors (Lipinski definition) is 6. The predicted octanol–water partition coefficient (Wildman–Crippen LogP) is 4.91. The molecule has 5 aromatic rings. The van der Waals surface area contributed by atoms with Crippen molar-refractivity contribution in [1.82, 2.24) is 0 Å². The van der Waals surface area contributed by atoms with Crippen LogP contribution in [0.1, 0.15) is 0 Å². The van der Waals surface area contributed by atoms with Gasteiger partial charge in [-0.3, -0.25) is 0 Å². The average Bonchev–Trinajstić information content (AvgIpc) is 3.24. The van der Waals surface area contributed by atoms with Crippen molar-refractivity contribution >= 4 is 43.9 Å². The Hall–Kier alpha value is -3.54. The molecule has 6 heteroatoms. The Kier molecular flexibility index (Phi) is 2.83. The minimum Gasteiger partial charge on any atom is -0.506 e. The Bertz CT molecular complexity index is 1230. The monoisotopic (exact) mass is 350 g/mol. The van der Waals surface area contributed by atoms with Gasteiger partial charge < -0.3 is 28.5 Å². The van der Waals surface area contributed by atoms with E-state index < -0.39 is 0 Å². The third kappa shape index (κ3) is 1.75. The molecule has 130 valence electrons. The van der Waals surface area contributed by atoms with E-state index in [1.165, 1.54) is 0 Å². The van der Waals surface area contributed by atoms with Gasteiger partial charge in [-0.15, -0.1) is 0 Å². The van der Waals surface area contributed by atoms with E-state index in [2.05, 4.69) is 0 Å². The van der Waals surface area contributed by atoms with Gasteiger partial charge >= 0.3 is 0 Å². The molecule has 0 aliphatic heterocycles. The zero-order valence-corrected chi connectivity index (χ0v) is 14.0. The Morgan fingerprint density at radius 1 is 0.692 bits per heavy atom. The summed E-state index contributed by atoms with van der Waals surface area (Å²) in [6, 6.07) is 10.5. The van der Waals surface area contributed by atoms with E-state index in [0.717, 1.165) is 0 Å². The highest BCUT2D eigenvalue weighted by Crippen LogP contribution is 2.50. The van der Waals surface area contributed by atoms with E-state index in [9.17, 15) is 10.2 Å². The molecule has 2 N–H and O–H groups in total. The molecule has 0 aliphatic carbocycles. The Morgan fingerprint density at radius 3 is 1.58 bits per heavy atom. The van der Waals surface area contributed by atoms with Crippen LogP contribution in [0.25, 0.3) is 43.9 Å². The number of furan rings is 2. The topological polar surface area (TPSA) is 85.2 Å². The molecule has 0 aliphatic rings. The molecule has 26 heavy (non-hydrogen) atoms. The summed E-state index contributed by atoms with van der Waals surface area (Å²) in [5, 5.41) is 23.9. The van der Waals surface area contributed by atoms with E-state index in [4.69, 9.17) is 18.3 Å². The normalized spacial score (nSPS) is 11.8. The Morgan fingerprint density at radius 2 is 1.15 bits per heavy atom. The van der Waals surface area contributed by atoms with Crippen molar-refractivity contribution in [2.45, 2.75) is 0 Å².